The van der Waals surface area contributed by atoms with Gasteiger partial charge in [0.2, 0.25) is 0 Å². The molecule has 29 heavy (non-hydrogen) atoms. The Morgan fingerprint density at radius 3 is 0.379 bits per heavy atom. The van der Waals surface area contributed by atoms with Crippen LogP contribution in [0.15, 0.2) is 0 Å². The summed E-state index contributed by atoms with van der Waals surface area (Å²) in [7, 11) is 0. The summed E-state index contributed by atoms with van der Waals surface area (Å²) in [4.78, 5) is 78.5. The third-order valence-corrected chi connectivity index (χ3v) is 1.15. The Morgan fingerprint density at radius 1 is 0.310 bits per heavy atom. The van der Waals surface area contributed by atoms with Gasteiger partial charge in [-0.05, 0) is 0 Å². The van der Waals surface area contributed by atoms with Gasteiger partial charge in [-0.15, -0.1) is 0 Å². The molecule has 0 unspecified atom stereocenters. The van der Waals surface area contributed by atoms with Crippen molar-refractivity contribution in [2.75, 3.05) is 0 Å². The Hall–Kier alpha value is -2.56. The molecule has 0 aliphatic rings. The zero-order valence-electron chi connectivity index (χ0n) is 17.4. The van der Waals surface area contributed by atoms with E-state index in [2.05, 4.69) is 18.9 Å². The molecular weight excluding hydrogens is 475 g/mol. The average molecular weight is 500 g/mol. The van der Waals surface area contributed by atoms with Gasteiger partial charge in [-0.2, -0.15) is 0 Å². The van der Waals surface area contributed by atoms with E-state index in [9.17, 15) is 38.4 Å². The number of hydrogen-bond donors (Lipinski definition) is 0. The summed E-state index contributed by atoms with van der Waals surface area (Å²) in [6.45, 7) is 9.46. The SMILES string of the molecule is CC(=O)OC(C)=O.CC(=O)OC(C)=O.CC(=O)OC(C)=O.CC(=O)OC(C)=O.[Zr]. The minimum Gasteiger partial charge on any atom is -0.394 e. The average Bonchev–Trinajstić information content (AvgIpc) is 2.32. The molecule has 12 nitrogen and oxygen atoms in total. The molecule has 0 fully saturated rings. The van der Waals surface area contributed by atoms with Crippen LogP contribution in [0.1, 0.15) is 55.4 Å². The van der Waals surface area contributed by atoms with Crippen molar-refractivity contribution >= 4 is 47.8 Å². The number of ether oxygens (including phenoxy) is 4. The van der Waals surface area contributed by atoms with Gasteiger partial charge in [0.15, 0.2) is 0 Å². The van der Waals surface area contributed by atoms with Crippen molar-refractivity contribution in [3.63, 3.8) is 0 Å². The second kappa shape index (κ2) is 23.5. The third kappa shape index (κ3) is 77.4. The molecule has 0 bridgehead atoms. The van der Waals surface area contributed by atoms with Crippen LogP contribution in [0.4, 0.5) is 0 Å². The summed E-state index contributed by atoms with van der Waals surface area (Å²) >= 11 is 0. The Morgan fingerprint density at radius 2 is 0.379 bits per heavy atom. The van der Waals surface area contributed by atoms with Crippen molar-refractivity contribution in [2.45, 2.75) is 55.4 Å². The molecule has 0 radical (unpaired) electrons. The summed E-state index contributed by atoms with van der Waals surface area (Å²) in [6, 6.07) is 0. The monoisotopic (exact) mass is 498 g/mol. The van der Waals surface area contributed by atoms with Crippen molar-refractivity contribution in [3.8, 4) is 0 Å². The van der Waals surface area contributed by atoms with Gasteiger partial charge in [0.05, 0.1) is 0 Å². The van der Waals surface area contributed by atoms with E-state index >= 15 is 0 Å². The summed E-state index contributed by atoms with van der Waals surface area (Å²) < 4.78 is 15.9. The van der Waals surface area contributed by atoms with Crippen LogP contribution >= 0.6 is 0 Å². The number of rotatable bonds is 0. The van der Waals surface area contributed by atoms with Gasteiger partial charge in [0, 0.05) is 81.6 Å². The molecule has 0 aliphatic heterocycles. The van der Waals surface area contributed by atoms with Gasteiger partial charge < -0.3 is 18.9 Å². The van der Waals surface area contributed by atoms with Gasteiger partial charge in [-0.1, -0.05) is 0 Å². The summed E-state index contributed by atoms with van der Waals surface area (Å²) in [5.41, 5.74) is 0. The molecule has 0 atom stereocenters. The molecule has 0 aromatic carbocycles. The molecule has 0 N–H and O–H groups in total. The van der Waals surface area contributed by atoms with Gasteiger partial charge in [0.25, 0.3) is 0 Å². The summed E-state index contributed by atoms with van der Waals surface area (Å²) in [6.07, 6.45) is 0. The molecule has 0 rings (SSSR count). The molecule has 0 aromatic heterocycles. The molecule has 0 saturated carbocycles. The van der Waals surface area contributed by atoms with Crippen LogP contribution in [0.5, 0.6) is 0 Å². The largest absolute Gasteiger partial charge is 0.394 e. The van der Waals surface area contributed by atoms with E-state index in [1.165, 1.54) is 55.4 Å². The Balaban J connectivity index is -0.0000000873. The predicted octanol–water partition coefficient (Wildman–Crippen LogP) is 0.382. The van der Waals surface area contributed by atoms with E-state index in [4.69, 9.17) is 0 Å². The summed E-state index contributed by atoms with van der Waals surface area (Å²) in [5.74, 6) is -4.50. The number of esters is 8. The van der Waals surface area contributed by atoms with Crippen LogP contribution in [-0.4, -0.2) is 47.8 Å². The first-order chi connectivity index (χ1) is 12.5. The molecule has 164 valence electrons. The number of carbonyl (C=O) groups is 8. The predicted molar refractivity (Wildman–Crippen MR) is 89.8 cm³/mol. The molecule has 13 heteroatoms. The first-order valence-corrected chi connectivity index (χ1v) is 7.27. The molecule has 0 aliphatic carbocycles. The first kappa shape index (κ1) is 37.2. The molecule has 0 spiro atoms. The van der Waals surface area contributed by atoms with Crippen LogP contribution < -0.4 is 0 Å². The maximum absolute atomic E-state index is 9.81. The fourth-order valence-electron chi connectivity index (χ4n) is 0.810. The van der Waals surface area contributed by atoms with E-state index in [-0.39, 0.29) is 26.2 Å². The van der Waals surface area contributed by atoms with E-state index < -0.39 is 47.8 Å². The van der Waals surface area contributed by atoms with E-state index in [1.54, 1.807) is 0 Å². The number of hydrogen-bond acceptors (Lipinski definition) is 12. The van der Waals surface area contributed by atoms with E-state index in [0.29, 0.717) is 0 Å². The van der Waals surface area contributed by atoms with Gasteiger partial charge >= 0.3 is 47.8 Å². The normalized spacial score (nSPS) is 7.45. The maximum atomic E-state index is 9.81. The Bertz CT molecular complexity index is 443. The third-order valence-electron chi connectivity index (χ3n) is 1.15. The van der Waals surface area contributed by atoms with Gasteiger partial charge in [-0.25, -0.2) is 0 Å². The minimum atomic E-state index is -0.562. The van der Waals surface area contributed by atoms with E-state index in [1.807, 2.05) is 0 Å². The Labute approximate surface area is 186 Å². The van der Waals surface area contributed by atoms with Crippen LogP contribution in [-0.2, 0) is 83.5 Å². The van der Waals surface area contributed by atoms with Crippen LogP contribution in [0, 0.1) is 0 Å². The second-order valence-corrected chi connectivity index (χ2v) is 4.34. The quantitative estimate of drug-likeness (QED) is 0.255. The molecule has 0 amide bonds. The standard InChI is InChI=1S/4C4H6O3.Zr/c4*1-3(5)7-4(2)6;/h4*1-2H3;. The fraction of sp³-hybridized carbons (Fsp3) is 0.500. The first-order valence-electron chi connectivity index (χ1n) is 7.27. The summed E-state index contributed by atoms with van der Waals surface area (Å²) in [5, 5.41) is 0. The van der Waals surface area contributed by atoms with Gasteiger partial charge in [0.1, 0.15) is 0 Å². The smallest absolute Gasteiger partial charge is 0.310 e. The maximum Gasteiger partial charge on any atom is 0.310 e. The topological polar surface area (TPSA) is 173 Å². The molecule has 0 saturated heterocycles. The van der Waals surface area contributed by atoms with Crippen LogP contribution in [0.3, 0.4) is 0 Å². The van der Waals surface area contributed by atoms with Crippen molar-refractivity contribution < 1.29 is 83.5 Å². The Kier molecular flexibility index (Phi) is 30.1. The van der Waals surface area contributed by atoms with Crippen molar-refractivity contribution in [2.24, 2.45) is 0 Å². The van der Waals surface area contributed by atoms with E-state index in [0.717, 1.165) is 0 Å². The van der Waals surface area contributed by atoms with Gasteiger partial charge in [-0.3, -0.25) is 38.4 Å². The molecular formula is C16H24O12Zr. The molecule has 0 heterocycles. The zero-order chi connectivity index (χ0) is 23.4. The van der Waals surface area contributed by atoms with Crippen LogP contribution in [0.25, 0.3) is 0 Å². The fourth-order valence-corrected chi connectivity index (χ4v) is 0.810. The van der Waals surface area contributed by atoms with Crippen LogP contribution in [0.2, 0.25) is 0 Å². The number of carbonyl (C=O) groups excluding carboxylic acids is 8. The minimum absolute atomic E-state index is 0. The second-order valence-electron chi connectivity index (χ2n) is 4.34. The zero-order valence-corrected chi connectivity index (χ0v) is 19.9. The van der Waals surface area contributed by atoms with Crippen molar-refractivity contribution in [1.82, 2.24) is 0 Å². The van der Waals surface area contributed by atoms with Crippen molar-refractivity contribution in [3.05, 3.63) is 0 Å². The molecule has 0 aromatic rings. The van der Waals surface area contributed by atoms with Crippen molar-refractivity contribution in [1.29, 1.82) is 0 Å².